The molecular formula is C13H21BrN2O3S2. The van der Waals surface area contributed by atoms with Gasteiger partial charge in [0.15, 0.2) is 4.67 Å². The molecule has 0 saturated heterocycles. The van der Waals surface area contributed by atoms with Gasteiger partial charge in [0.05, 0.1) is 6.54 Å². The fourth-order valence-electron chi connectivity index (χ4n) is 2.24. The van der Waals surface area contributed by atoms with Gasteiger partial charge in [0, 0.05) is 17.4 Å². The highest BCUT2D eigenvalue weighted by atomic mass is 79.9. The van der Waals surface area contributed by atoms with Crippen LogP contribution in [0.25, 0.3) is 0 Å². The Morgan fingerprint density at radius 3 is 2.71 bits per heavy atom. The lowest BCUT2D eigenvalue weighted by atomic mass is 9.84. The summed E-state index contributed by atoms with van der Waals surface area (Å²) in [5.41, 5.74) is 0. The Balaban J connectivity index is 2.06. The van der Waals surface area contributed by atoms with Crippen LogP contribution in [0.15, 0.2) is 20.0 Å². The van der Waals surface area contributed by atoms with Gasteiger partial charge in [-0.05, 0) is 41.6 Å². The molecule has 2 rings (SSSR count). The van der Waals surface area contributed by atoms with Crippen molar-refractivity contribution in [1.29, 1.82) is 0 Å². The van der Waals surface area contributed by atoms with Crippen LogP contribution in [-0.4, -0.2) is 32.5 Å². The second-order valence-corrected chi connectivity index (χ2v) is 8.93. The van der Waals surface area contributed by atoms with Crippen LogP contribution in [0.4, 0.5) is 0 Å². The van der Waals surface area contributed by atoms with E-state index in [1.807, 2.05) is 13.2 Å². The summed E-state index contributed by atoms with van der Waals surface area (Å²) in [7, 11) is -3.55. The fraction of sp³-hybridized carbons (Fsp3) is 0.692. The first-order chi connectivity index (χ1) is 9.92. The zero-order valence-corrected chi connectivity index (χ0v) is 15.5. The van der Waals surface area contributed by atoms with Crippen LogP contribution in [0.3, 0.4) is 0 Å². The van der Waals surface area contributed by atoms with Crippen molar-refractivity contribution in [3.05, 3.63) is 16.5 Å². The lowest BCUT2D eigenvalue weighted by molar-refractivity contribution is 0.361. The molecule has 1 fully saturated rings. The largest absolute Gasteiger partial charge is 0.452 e. The second-order valence-electron chi connectivity index (χ2n) is 5.20. The fourth-order valence-corrected chi connectivity index (χ4v) is 5.37. The first-order valence-electron chi connectivity index (χ1n) is 6.96. The van der Waals surface area contributed by atoms with E-state index < -0.39 is 10.0 Å². The summed E-state index contributed by atoms with van der Waals surface area (Å²) < 4.78 is 33.3. The molecule has 0 radical (unpaired) electrons. The number of nitrogens with one attached hydrogen (secondary N) is 2. The smallest absolute Gasteiger partial charge is 0.245 e. The normalized spacial score (nSPS) is 17.7. The van der Waals surface area contributed by atoms with Crippen LogP contribution in [0.2, 0.25) is 0 Å². The number of rotatable bonds is 8. The Kier molecular flexibility index (Phi) is 5.81. The molecule has 1 aliphatic rings. The van der Waals surface area contributed by atoms with Gasteiger partial charge >= 0.3 is 0 Å². The molecule has 0 aromatic carbocycles. The summed E-state index contributed by atoms with van der Waals surface area (Å²) in [5.74, 6) is 0.604. The van der Waals surface area contributed by atoms with Crippen LogP contribution in [0, 0.1) is 0 Å². The minimum absolute atomic E-state index is 0.0654. The molecule has 0 atom stereocenters. The average molecular weight is 397 g/mol. The maximum Gasteiger partial charge on any atom is 0.245 e. The minimum atomic E-state index is -3.55. The predicted molar refractivity (Wildman–Crippen MR) is 89.1 cm³/mol. The molecule has 21 heavy (non-hydrogen) atoms. The lowest BCUT2D eigenvalue weighted by Gasteiger charge is -2.40. The van der Waals surface area contributed by atoms with E-state index in [1.54, 1.807) is 17.8 Å². The lowest BCUT2D eigenvalue weighted by Crippen LogP contribution is -2.45. The maximum absolute atomic E-state index is 12.4. The highest BCUT2D eigenvalue weighted by Crippen LogP contribution is 2.42. The van der Waals surface area contributed by atoms with E-state index in [0.29, 0.717) is 18.8 Å². The summed E-state index contributed by atoms with van der Waals surface area (Å²) in [6, 6.07) is 1.57. The first-order valence-corrected chi connectivity index (χ1v) is 10.5. The predicted octanol–water partition coefficient (Wildman–Crippen LogP) is 2.72. The van der Waals surface area contributed by atoms with Gasteiger partial charge in [-0.2, -0.15) is 11.8 Å². The van der Waals surface area contributed by atoms with E-state index >= 15 is 0 Å². The van der Waals surface area contributed by atoms with Crippen LogP contribution in [0.1, 0.15) is 31.9 Å². The topological polar surface area (TPSA) is 71.3 Å². The van der Waals surface area contributed by atoms with Crippen molar-refractivity contribution in [3.63, 3.8) is 0 Å². The summed E-state index contributed by atoms with van der Waals surface area (Å²) in [6.45, 7) is 3.77. The summed E-state index contributed by atoms with van der Waals surface area (Å²) in [4.78, 5) is 0.172. The maximum atomic E-state index is 12.4. The molecule has 120 valence electrons. The summed E-state index contributed by atoms with van der Waals surface area (Å²) >= 11 is 4.94. The third-order valence-corrected chi connectivity index (χ3v) is 7.50. The SMILES string of the molecule is CCNCc1cc(S(=O)(=O)NCC2(SC)CCC2)c(Br)o1. The first kappa shape index (κ1) is 17.3. The van der Waals surface area contributed by atoms with Crippen molar-refractivity contribution in [1.82, 2.24) is 10.0 Å². The summed E-state index contributed by atoms with van der Waals surface area (Å²) in [5, 5.41) is 3.11. The standard InChI is InChI=1S/C13H21BrN2O3S2/c1-3-15-8-10-7-11(12(14)19-10)21(17,18)16-9-13(20-2)5-4-6-13/h7,15-16H,3-6,8-9H2,1-2H3. The number of furan rings is 1. The Morgan fingerprint density at radius 1 is 1.48 bits per heavy atom. The molecule has 0 bridgehead atoms. The van der Waals surface area contributed by atoms with Crippen LogP contribution in [0.5, 0.6) is 0 Å². The zero-order chi connectivity index (χ0) is 15.5. The molecule has 0 spiro atoms. The van der Waals surface area contributed by atoms with Gasteiger partial charge in [0.1, 0.15) is 10.7 Å². The molecule has 5 nitrogen and oxygen atoms in total. The third kappa shape index (κ3) is 4.04. The molecule has 0 aliphatic heterocycles. The van der Waals surface area contributed by atoms with E-state index in [2.05, 4.69) is 26.0 Å². The molecule has 1 aromatic rings. The van der Waals surface area contributed by atoms with E-state index in [9.17, 15) is 8.42 Å². The molecule has 1 aromatic heterocycles. The number of halogens is 1. The van der Waals surface area contributed by atoms with Gasteiger partial charge in [-0.25, -0.2) is 13.1 Å². The average Bonchev–Trinajstić information content (AvgIpc) is 2.77. The van der Waals surface area contributed by atoms with Crippen molar-refractivity contribution in [3.8, 4) is 0 Å². The Bertz CT molecular complexity index is 577. The van der Waals surface area contributed by atoms with Gasteiger partial charge in [-0.3, -0.25) is 0 Å². The van der Waals surface area contributed by atoms with E-state index in [-0.39, 0.29) is 14.3 Å². The van der Waals surface area contributed by atoms with Crippen LogP contribution >= 0.6 is 27.7 Å². The van der Waals surface area contributed by atoms with Crippen molar-refractivity contribution >= 4 is 37.7 Å². The summed E-state index contributed by atoms with van der Waals surface area (Å²) in [6.07, 6.45) is 5.34. The van der Waals surface area contributed by atoms with Crippen LogP contribution in [-0.2, 0) is 16.6 Å². The molecule has 2 N–H and O–H groups in total. The van der Waals surface area contributed by atoms with E-state index in [1.165, 1.54) is 6.42 Å². The number of thioether (sulfide) groups is 1. The second kappa shape index (κ2) is 7.04. The van der Waals surface area contributed by atoms with Crippen molar-refractivity contribution < 1.29 is 12.8 Å². The number of hydrogen-bond donors (Lipinski definition) is 2. The highest BCUT2D eigenvalue weighted by Gasteiger charge is 2.37. The quantitative estimate of drug-likeness (QED) is 0.706. The highest BCUT2D eigenvalue weighted by molar-refractivity contribution is 9.10. The van der Waals surface area contributed by atoms with Crippen molar-refractivity contribution in [2.45, 2.75) is 42.4 Å². The van der Waals surface area contributed by atoms with Gasteiger partial charge in [-0.1, -0.05) is 13.3 Å². The molecule has 8 heteroatoms. The zero-order valence-electron chi connectivity index (χ0n) is 12.2. The molecule has 0 unspecified atom stereocenters. The molecule has 0 amide bonds. The van der Waals surface area contributed by atoms with Gasteiger partial charge in [-0.15, -0.1) is 0 Å². The number of hydrogen-bond acceptors (Lipinski definition) is 5. The molecule has 1 aliphatic carbocycles. The monoisotopic (exact) mass is 396 g/mol. The van der Waals surface area contributed by atoms with Gasteiger partial charge in [0.25, 0.3) is 0 Å². The van der Waals surface area contributed by atoms with Crippen molar-refractivity contribution in [2.24, 2.45) is 0 Å². The Labute approximate surface area is 138 Å². The molecule has 1 saturated carbocycles. The Hall–Kier alpha value is -0.0200. The third-order valence-electron chi connectivity index (χ3n) is 3.83. The van der Waals surface area contributed by atoms with E-state index in [4.69, 9.17) is 4.42 Å². The Morgan fingerprint density at radius 2 is 2.19 bits per heavy atom. The van der Waals surface area contributed by atoms with Gasteiger partial charge in [0.2, 0.25) is 10.0 Å². The molecule has 1 heterocycles. The molecular weight excluding hydrogens is 376 g/mol. The van der Waals surface area contributed by atoms with Gasteiger partial charge < -0.3 is 9.73 Å². The van der Waals surface area contributed by atoms with E-state index in [0.717, 1.165) is 19.4 Å². The van der Waals surface area contributed by atoms with Crippen molar-refractivity contribution in [2.75, 3.05) is 19.3 Å². The minimum Gasteiger partial charge on any atom is -0.452 e. The number of sulfonamides is 1. The van der Waals surface area contributed by atoms with Crippen LogP contribution < -0.4 is 10.0 Å².